The second-order valence-electron chi connectivity index (χ2n) is 2.02. The molecular weight excluding hydrogens is 134 g/mol. The molecule has 10 heavy (non-hydrogen) atoms. The second kappa shape index (κ2) is 3.30. The Labute approximate surface area is 58.5 Å². The highest BCUT2D eigenvalue weighted by Gasteiger charge is 1.93. The molecule has 0 heterocycles. The van der Waals surface area contributed by atoms with Crippen molar-refractivity contribution in [2.45, 2.75) is 13.3 Å². The van der Waals surface area contributed by atoms with Crippen LogP contribution in [0.5, 0.6) is 0 Å². The van der Waals surface area contributed by atoms with Crippen LogP contribution in [-0.2, 0) is 13.3 Å². The molecule has 0 N–H and O–H groups in total. The number of alkyl halides is 2. The molecule has 0 bridgehead atoms. The molecule has 0 saturated carbocycles. The minimum absolute atomic E-state index is 0.482. The van der Waals surface area contributed by atoms with Gasteiger partial charge in [0.2, 0.25) is 0 Å². The fourth-order valence-corrected chi connectivity index (χ4v) is 0.732. The molecular formula is C8H7F2. The Kier molecular flexibility index (Phi) is 2.37. The van der Waals surface area contributed by atoms with E-state index in [1.165, 1.54) is 18.2 Å². The second-order valence-corrected chi connectivity index (χ2v) is 2.02. The lowest BCUT2D eigenvalue weighted by Crippen LogP contribution is -1.82. The van der Waals surface area contributed by atoms with Gasteiger partial charge in [0.1, 0.15) is 13.3 Å². The summed E-state index contributed by atoms with van der Waals surface area (Å²) < 4.78 is 23.8. The quantitative estimate of drug-likeness (QED) is 0.593. The van der Waals surface area contributed by atoms with Gasteiger partial charge in [-0.05, 0) is 29.3 Å². The third-order valence-electron chi connectivity index (χ3n) is 1.22. The van der Waals surface area contributed by atoms with Crippen LogP contribution in [0.15, 0.2) is 18.2 Å². The molecule has 1 aromatic rings. The van der Waals surface area contributed by atoms with Gasteiger partial charge in [0, 0.05) is 0 Å². The van der Waals surface area contributed by atoms with E-state index in [-0.39, 0.29) is 0 Å². The third kappa shape index (κ3) is 1.53. The molecule has 0 aliphatic rings. The molecule has 1 radical (unpaired) electrons. The summed E-state index contributed by atoms with van der Waals surface area (Å²) in [6.07, 6.45) is 0. The molecule has 0 amide bonds. The Hall–Kier alpha value is -0.920. The summed E-state index contributed by atoms with van der Waals surface area (Å²) in [6, 6.07) is 7.17. The molecule has 1 rings (SSSR count). The van der Waals surface area contributed by atoms with Crippen molar-refractivity contribution in [2.75, 3.05) is 0 Å². The number of rotatable bonds is 2. The molecule has 0 unspecified atom stereocenters. The van der Waals surface area contributed by atoms with Crippen LogP contribution >= 0.6 is 0 Å². The van der Waals surface area contributed by atoms with Crippen LogP contribution < -0.4 is 0 Å². The van der Waals surface area contributed by atoms with E-state index in [1.807, 2.05) is 0 Å². The fraction of sp³-hybridized carbons (Fsp3) is 0.250. The molecule has 0 spiro atoms. The van der Waals surface area contributed by atoms with Gasteiger partial charge in [-0.1, -0.05) is 6.07 Å². The normalized spacial score (nSPS) is 9.80. The molecule has 0 nitrogen and oxygen atoms in total. The highest BCUT2D eigenvalue weighted by Crippen LogP contribution is 2.06. The summed E-state index contributed by atoms with van der Waals surface area (Å²) in [5.74, 6) is 0. The smallest absolute Gasteiger partial charge is 0.115 e. The van der Waals surface area contributed by atoms with Crippen LogP contribution in [0.4, 0.5) is 8.78 Å². The number of halogens is 2. The van der Waals surface area contributed by atoms with Gasteiger partial charge < -0.3 is 0 Å². The number of hydrogen-bond acceptors (Lipinski definition) is 0. The minimum atomic E-state index is -0.551. The van der Waals surface area contributed by atoms with E-state index in [4.69, 9.17) is 0 Å². The van der Waals surface area contributed by atoms with E-state index in [9.17, 15) is 8.78 Å². The first-order chi connectivity index (χ1) is 4.86. The van der Waals surface area contributed by atoms with Crippen molar-refractivity contribution in [3.05, 3.63) is 35.4 Å². The Bertz CT molecular complexity index is 189. The van der Waals surface area contributed by atoms with Crippen LogP contribution in [-0.4, -0.2) is 0 Å². The maximum atomic E-state index is 11.9. The first-order valence-electron chi connectivity index (χ1n) is 2.97. The maximum absolute atomic E-state index is 11.9. The van der Waals surface area contributed by atoms with Crippen LogP contribution in [0.2, 0.25) is 0 Å². The van der Waals surface area contributed by atoms with E-state index >= 15 is 0 Å². The van der Waals surface area contributed by atoms with Crippen molar-refractivity contribution in [1.29, 1.82) is 0 Å². The molecule has 0 saturated heterocycles. The monoisotopic (exact) mass is 141 g/mol. The highest BCUT2D eigenvalue weighted by molar-refractivity contribution is 5.21. The first kappa shape index (κ1) is 7.19. The highest BCUT2D eigenvalue weighted by atomic mass is 19.1. The van der Waals surface area contributed by atoms with Gasteiger partial charge >= 0.3 is 0 Å². The largest absolute Gasteiger partial charge is 0.246 e. The number of benzene rings is 1. The van der Waals surface area contributed by atoms with Crippen LogP contribution in [0, 0.1) is 6.07 Å². The van der Waals surface area contributed by atoms with Gasteiger partial charge in [-0.3, -0.25) is 0 Å². The SMILES string of the molecule is FCc1c[c]cc(CF)c1. The molecule has 0 fully saturated rings. The average Bonchev–Trinajstić information content (AvgIpc) is 2.05. The molecule has 0 aliphatic carbocycles. The summed E-state index contributed by atoms with van der Waals surface area (Å²) in [7, 11) is 0. The van der Waals surface area contributed by atoms with Gasteiger partial charge in [0.25, 0.3) is 0 Å². The summed E-state index contributed by atoms with van der Waals surface area (Å²) >= 11 is 0. The van der Waals surface area contributed by atoms with Gasteiger partial charge in [0.05, 0.1) is 0 Å². The lowest BCUT2D eigenvalue weighted by atomic mass is 10.1. The predicted octanol–water partition coefficient (Wildman–Crippen LogP) is 2.43. The van der Waals surface area contributed by atoms with Crippen LogP contribution in [0.3, 0.4) is 0 Å². The zero-order chi connectivity index (χ0) is 7.40. The molecule has 0 aliphatic heterocycles. The van der Waals surface area contributed by atoms with E-state index in [2.05, 4.69) is 6.07 Å². The van der Waals surface area contributed by atoms with Crippen molar-refractivity contribution in [3.8, 4) is 0 Å². The van der Waals surface area contributed by atoms with Crippen molar-refractivity contribution in [3.63, 3.8) is 0 Å². The maximum Gasteiger partial charge on any atom is 0.115 e. The van der Waals surface area contributed by atoms with Crippen molar-refractivity contribution in [1.82, 2.24) is 0 Å². The summed E-state index contributed by atoms with van der Waals surface area (Å²) in [5.41, 5.74) is 0.963. The Balaban J connectivity index is 2.87. The predicted molar refractivity (Wildman–Crippen MR) is 34.9 cm³/mol. The van der Waals surface area contributed by atoms with Gasteiger partial charge in [-0.2, -0.15) is 0 Å². The lowest BCUT2D eigenvalue weighted by molar-refractivity contribution is 0.475. The van der Waals surface area contributed by atoms with Crippen molar-refractivity contribution in [2.24, 2.45) is 0 Å². The third-order valence-corrected chi connectivity index (χ3v) is 1.22. The zero-order valence-corrected chi connectivity index (χ0v) is 5.40. The fourth-order valence-electron chi connectivity index (χ4n) is 0.732. The number of hydrogen-bond donors (Lipinski definition) is 0. The van der Waals surface area contributed by atoms with Crippen molar-refractivity contribution >= 4 is 0 Å². The summed E-state index contributed by atoms with van der Waals surface area (Å²) in [4.78, 5) is 0. The van der Waals surface area contributed by atoms with E-state index in [0.717, 1.165) is 0 Å². The van der Waals surface area contributed by atoms with Crippen LogP contribution in [0.1, 0.15) is 11.1 Å². The Morgan fingerprint density at radius 3 is 2.00 bits per heavy atom. The summed E-state index contributed by atoms with van der Waals surface area (Å²) in [6.45, 7) is -1.10. The summed E-state index contributed by atoms with van der Waals surface area (Å²) in [5, 5.41) is 0. The minimum Gasteiger partial charge on any atom is -0.246 e. The molecule has 2 heteroatoms. The standard InChI is InChI=1S/C8H7F2/c9-5-7-2-1-3-8(4-7)6-10/h2-4H,5-6H2. The lowest BCUT2D eigenvalue weighted by Gasteiger charge is -1.95. The molecule has 0 atom stereocenters. The van der Waals surface area contributed by atoms with E-state index in [1.54, 1.807) is 0 Å². The van der Waals surface area contributed by atoms with Gasteiger partial charge in [0.15, 0.2) is 0 Å². The van der Waals surface area contributed by atoms with Crippen LogP contribution in [0.25, 0.3) is 0 Å². The van der Waals surface area contributed by atoms with Gasteiger partial charge in [-0.25, -0.2) is 8.78 Å². The first-order valence-corrected chi connectivity index (χ1v) is 2.97. The van der Waals surface area contributed by atoms with E-state index in [0.29, 0.717) is 11.1 Å². The van der Waals surface area contributed by atoms with Gasteiger partial charge in [-0.15, -0.1) is 0 Å². The average molecular weight is 141 g/mol. The van der Waals surface area contributed by atoms with Crippen molar-refractivity contribution < 1.29 is 8.78 Å². The molecule has 1 aromatic carbocycles. The zero-order valence-electron chi connectivity index (χ0n) is 5.40. The van der Waals surface area contributed by atoms with E-state index < -0.39 is 13.3 Å². The topological polar surface area (TPSA) is 0 Å². The Morgan fingerprint density at radius 2 is 1.60 bits per heavy atom. The Morgan fingerprint density at radius 1 is 1.10 bits per heavy atom. The molecule has 0 aromatic heterocycles. The molecule has 53 valence electrons.